The predicted octanol–water partition coefficient (Wildman–Crippen LogP) is 8.43. The summed E-state index contributed by atoms with van der Waals surface area (Å²) < 4.78 is 16.2. The van der Waals surface area contributed by atoms with Crippen LogP contribution in [0.3, 0.4) is 0 Å². The van der Waals surface area contributed by atoms with Crippen molar-refractivity contribution >= 4 is 46.4 Å². The number of anilines is 2. The van der Waals surface area contributed by atoms with Crippen LogP contribution in [-0.4, -0.2) is 46.3 Å². The number of rotatable bonds is 7. The topological polar surface area (TPSA) is 55.2 Å². The smallest absolute Gasteiger partial charge is 0.193 e. The van der Waals surface area contributed by atoms with Crippen molar-refractivity contribution in [3.8, 4) is 22.8 Å². The van der Waals surface area contributed by atoms with Crippen LogP contribution >= 0.6 is 24.0 Å². The van der Waals surface area contributed by atoms with Crippen LogP contribution in [0.15, 0.2) is 100 Å². The molecule has 0 spiro atoms. The third-order valence-electron chi connectivity index (χ3n) is 7.56. The van der Waals surface area contributed by atoms with Crippen molar-refractivity contribution in [2.45, 2.75) is 19.3 Å². The number of aryl methyl sites for hydroxylation is 2. The van der Waals surface area contributed by atoms with Gasteiger partial charge < -0.3 is 23.7 Å². The molecule has 0 atom stereocenters. The van der Waals surface area contributed by atoms with Gasteiger partial charge in [0.05, 0.1) is 19.6 Å². The van der Waals surface area contributed by atoms with Crippen LogP contribution in [0.25, 0.3) is 22.3 Å². The molecule has 6 nitrogen and oxygen atoms in total. The predicted molar refractivity (Wildman–Crippen MR) is 184 cm³/mol. The molecule has 4 aromatic carbocycles. The summed E-state index contributed by atoms with van der Waals surface area (Å²) in [5.41, 5.74) is 6.64. The second kappa shape index (κ2) is 15.2. The van der Waals surface area contributed by atoms with Crippen LogP contribution < -0.4 is 19.8 Å². The van der Waals surface area contributed by atoms with Crippen LogP contribution in [-0.2, 0) is 12.8 Å². The summed E-state index contributed by atoms with van der Waals surface area (Å²) >= 11 is 6.27. The van der Waals surface area contributed by atoms with Crippen molar-refractivity contribution in [3.05, 3.63) is 117 Å². The third kappa shape index (κ3) is 7.75. The van der Waals surface area contributed by atoms with E-state index in [0.717, 1.165) is 42.9 Å². The molecule has 0 saturated carbocycles. The Bertz CT molecular complexity index is 1770. The van der Waals surface area contributed by atoms with Gasteiger partial charge in [0.15, 0.2) is 5.43 Å². The quantitative estimate of drug-likeness (QED) is 0.179. The molecule has 1 aromatic heterocycles. The van der Waals surface area contributed by atoms with Crippen LogP contribution in [0.5, 0.6) is 11.5 Å². The zero-order valence-electron chi connectivity index (χ0n) is 25.5. The Hall–Kier alpha value is -3.97. The molecule has 6 rings (SSSR count). The first kappa shape index (κ1) is 32.9. The average molecular weight is 634 g/mol. The lowest BCUT2D eigenvalue weighted by molar-refractivity contribution is 0.402. The van der Waals surface area contributed by atoms with E-state index in [2.05, 4.69) is 60.3 Å². The maximum Gasteiger partial charge on any atom is 0.193 e. The van der Waals surface area contributed by atoms with E-state index in [0.29, 0.717) is 28.2 Å². The SMILES string of the molecule is CN(C)CCCN1c2ccccc2CCc2ccc(Cl)cc21.COc1cccc(-c2cc(=O)c3ccc(OC)cc3o2)c1.Cl. The second-order valence-electron chi connectivity index (χ2n) is 10.8. The molecule has 8 heteroatoms. The molecule has 0 aliphatic carbocycles. The minimum absolute atomic E-state index is 0. The number of ether oxygens (including phenoxy) is 2. The van der Waals surface area contributed by atoms with Gasteiger partial charge in [-0.05, 0) is 93.5 Å². The van der Waals surface area contributed by atoms with Crippen molar-refractivity contribution in [2.24, 2.45) is 0 Å². The summed E-state index contributed by atoms with van der Waals surface area (Å²) in [4.78, 5) is 16.9. The third-order valence-corrected chi connectivity index (χ3v) is 7.80. The van der Waals surface area contributed by atoms with E-state index < -0.39 is 0 Å². The molecule has 0 amide bonds. The summed E-state index contributed by atoms with van der Waals surface area (Å²) in [5, 5.41) is 1.35. The standard InChI is InChI=1S/C19H23ClN2.C17H14O4.ClH/c1-21(2)12-5-13-22-18-7-4-3-6-15(18)8-9-16-10-11-17(20)14-19(16)22;1-19-12-5-3-4-11(8-12)16-10-15(18)14-7-6-13(20-2)9-17(14)21-16;/h3-4,6-7,10-11,14H,5,8-9,12-13H2,1-2H3;3-10H,1-2H3;1H. The van der Waals surface area contributed by atoms with Gasteiger partial charge in [-0.25, -0.2) is 0 Å². The molecule has 0 unspecified atom stereocenters. The lowest BCUT2D eigenvalue weighted by atomic mass is 10.0. The van der Waals surface area contributed by atoms with Gasteiger partial charge in [-0.15, -0.1) is 12.4 Å². The van der Waals surface area contributed by atoms with E-state index in [1.165, 1.54) is 28.6 Å². The largest absolute Gasteiger partial charge is 0.497 e. The van der Waals surface area contributed by atoms with Gasteiger partial charge in [0.2, 0.25) is 0 Å². The molecule has 0 bridgehead atoms. The summed E-state index contributed by atoms with van der Waals surface area (Å²) in [7, 11) is 7.42. The first-order valence-corrected chi connectivity index (χ1v) is 14.8. The number of hydrogen-bond donors (Lipinski definition) is 0. The summed E-state index contributed by atoms with van der Waals surface area (Å²) in [6.07, 6.45) is 3.30. The van der Waals surface area contributed by atoms with Crippen molar-refractivity contribution in [3.63, 3.8) is 0 Å². The molecule has 5 aromatic rings. The molecular formula is C36H38Cl2N2O4. The van der Waals surface area contributed by atoms with Gasteiger partial charge in [-0.2, -0.15) is 0 Å². The molecule has 0 saturated heterocycles. The molecule has 0 fully saturated rings. The molecule has 0 radical (unpaired) electrons. The molecule has 2 heterocycles. The van der Waals surface area contributed by atoms with Crippen LogP contribution in [0.1, 0.15) is 17.5 Å². The van der Waals surface area contributed by atoms with E-state index in [4.69, 9.17) is 25.5 Å². The van der Waals surface area contributed by atoms with Crippen LogP contribution in [0.2, 0.25) is 5.02 Å². The number of methoxy groups -OCH3 is 2. The van der Waals surface area contributed by atoms with E-state index >= 15 is 0 Å². The Morgan fingerprint density at radius 2 is 1.55 bits per heavy atom. The minimum atomic E-state index is -0.0864. The number of nitrogens with zero attached hydrogens (tertiary/aromatic N) is 2. The lowest BCUT2D eigenvalue weighted by Gasteiger charge is -2.27. The van der Waals surface area contributed by atoms with Gasteiger partial charge in [0.25, 0.3) is 0 Å². The van der Waals surface area contributed by atoms with Crippen LogP contribution in [0, 0.1) is 0 Å². The van der Waals surface area contributed by atoms with Crippen molar-refractivity contribution < 1.29 is 13.9 Å². The molecule has 230 valence electrons. The van der Waals surface area contributed by atoms with Gasteiger partial charge in [0, 0.05) is 40.6 Å². The highest BCUT2D eigenvalue weighted by molar-refractivity contribution is 6.30. The maximum absolute atomic E-state index is 12.2. The number of fused-ring (bicyclic) bond motifs is 3. The number of halogens is 2. The maximum atomic E-state index is 12.2. The number of benzene rings is 4. The Labute approximate surface area is 270 Å². The van der Waals surface area contributed by atoms with Crippen molar-refractivity contribution in [1.82, 2.24) is 4.90 Å². The van der Waals surface area contributed by atoms with Gasteiger partial charge >= 0.3 is 0 Å². The van der Waals surface area contributed by atoms with Gasteiger partial charge in [-0.1, -0.05) is 48.0 Å². The van der Waals surface area contributed by atoms with E-state index in [1.54, 1.807) is 32.4 Å². The molecule has 1 aliphatic rings. The summed E-state index contributed by atoms with van der Waals surface area (Å²) in [6, 6.07) is 29.1. The molecule has 0 N–H and O–H groups in total. The van der Waals surface area contributed by atoms with Crippen LogP contribution in [0.4, 0.5) is 11.4 Å². The van der Waals surface area contributed by atoms with Gasteiger partial charge in [-0.3, -0.25) is 4.79 Å². The normalized spacial score (nSPS) is 11.9. The average Bonchev–Trinajstić information content (AvgIpc) is 3.17. The highest BCUT2D eigenvalue weighted by Crippen LogP contribution is 2.37. The van der Waals surface area contributed by atoms with Gasteiger partial charge in [0.1, 0.15) is 22.8 Å². The monoisotopic (exact) mass is 632 g/mol. The Balaban J connectivity index is 0.000000197. The van der Waals surface area contributed by atoms with Crippen molar-refractivity contribution in [2.75, 3.05) is 46.3 Å². The fourth-order valence-corrected chi connectivity index (χ4v) is 5.52. The fraction of sp³-hybridized carbons (Fsp3) is 0.250. The first-order valence-electron chi connectivity index (χ1n) is 14.4. The van der Waals surface area contributed by atoms with Crippen molar-refractivity contribution in [1.29, 1.82) is 0 Å². The summed E-state index contributed by atoms with van der Waals surface area (Å²) in [5.74, 6) is 1.86. The molecule has 1 aliphatic heterocycles. The highest BCUT2D eigenvalue weighted by atomic mass is 35.5. The Kier molecular flexibility index (Phi) is 11.3. The zero-order chi connectivity index (χ0) is 30.3. The Morgan fingerprint density at radius 1 is 0.818 bits per heavy atom. The highest BCUT2D eigenvalue weighted by Gasteiger charge is 2.20. The first-order chi connectivity index (χ1) is 20.9. The van der Waals surface area contributed by atoms with E-state index in [-0.39, 0.29) is 17.8 Å². The fourth-order valence-electron chi connectivity index (χ4n) is 5.35. The molecular weight excluding hydrogens is 595 g/mol. The minimum Gasteiger partial charge on any atom is -0.497 e. The molecule has 44 heavy (non-hydrogen) atoms. The zero-order valence-corrected chi connectivity index (χ0v) is 27.1. The lowest BCUT2D eigenvalue weighted by Crippen LogP contribution is -2.24. The van der Waals surface area contributed by atoms with E-state index in [9.17, 15) is 4.79 Å². The second-order valence-corrected chi connectivity index (χ2v) is 11.2. The number of para-hydroxylation sites is 1. The Morgan fingerprint density at radius 3 is 2.30 bits per heavy atom. The van der Waals surface area contributed by atoms with E-state index in [1.807, 2.05) is 30.3 Å². The number of hydrogen-bond acceptors (Lipinski definition) is 6. The summed E-state index contributed by atoms with van der Waals surface area (Å²) in [6.45, 7) is 2.11.